The van der Waals surface area contributed by atoms with Gasteiger partial charge in [-0.25, -0.2) is 0 Å². The lowest BCUT2D eigenvalue weighted by Gasteiger charge is -2.19. The predicted molar refractivity (Wildman–Crippen MR) is 488 cm³/mol. The molecule has 6 aromatic carbocycles. The Morgan fingerprint density at radius 2 is 0.412 bits per heavy atom. The van der Waals surface area contributed by atoms with E-state index in [4.69, 9.17) is 0 Å². The van der Waals surface area contributed by atoms with E-state index in [2.05, 4.69) is 280 Å². The fraction of sp³-hybridized carbons (Fsp3) is 0.510. The molecule has 7 aliphatic rings. The highest BCUT2D eigenvalue weighted by molar-refractivity contribution is 7.15. The third-order valence-corrected chi connectivity index (χ3v) is 34.5. The minimum atomic E-state index is 0.703. The Morgan fingerprint density at radius 1 is 0.202 bits per heavy atom. The fourth-order valence-corrected chi connectivity index (χ4v) is 27.7. The van der Waals surface area contributed by atoms with E-state index in [1.165, 1.54) is 323 Å². The minimum absolute atomic E-state index is 0.703. The first-order valence-corrected chi connectivity index (χ1v) is 49.3. The molecule has 7 aliphatic carbocycles. The number of aryl methyl sites for hydroxylation is 7. The van der Waals surface area contributed by atoms with E-state index in [0.29, 0.717) is 5.92 Å². The maximum absolute atomic E-state index is 2.65. The summed E-state index contributed by atoms with van der Waals surface area (Å²) in [5, 5.41) is 7.99. The Hall–Kier alpha value is -6.53. The molecule has 18 rings (SSSR count). The Kier molecular flexibility index (Phi) is 29.7. The molecule has 10 heteroatoms. The normalized spacial score (nSPS) is 17.8. The van der Waals surface area contributed by atoms with Gasteiger partial charge in [0, 0.05) is 92.8 Å². The molecule has 602 valence electrons. The molecule has 114 heavy (non-hydrogen) atoms. The van der Waals surface area contributed by atoms with Crippen LogP contribution in [-0.4, -0.2) is 0 Å². The van der Waals surface area contributed by atoms with Crippen molar-refractivity contribution in [1.29, 1.82) is 0 Å². The van der Waals surface area contributed by atoms with Crippen LogP contribution in [-0.2, 0) is 0 Å². The monoisotopic (exact) mass is 1610 g/mol. The van der Waals surface area contributed by atoms with E-state index < -0.39 is 0 Å². The minimum Gasteiger partial charge on any atom is -0.151 e. The molecule has 5 aromatic heterocycles. The zero-order valence-electron chi connectivity index (χ0n) is 71.8. The lowest BCUT2D eigenvalue weighted by Crippen LogP contribution is -2.38. The van der Waals surface area contributed by atoms with E-state index in [9.17, 15) is 0 Å². The first-order valence-electron chi connectivity index (χ1n) is 45.2. The number of thiazole rings is 5. The zero-order valence-corrected chi connectivity index (χ0v) is 75.9. The summed E-state index contributed by atoms with van der Waals surface area (Å²) in [4.78, 5) is 7.74. The van der Waals surface area contributed by atoms with E-state index in [1.807, 2.05) is 34.0 Å². The summed E-state index contributed by atoms with van der Waals surface area (Å²) in [6.45, 7) is 27.3. The average molecular weight is 1620 g/mol. The van der Waals surface area contributed by atoms with Gasteiger partial charge in [0.25, 0.3) is 0 Å². The fourth-order valence-electron chi connectivity index (χ4n) is 20.5. The van der Waals surface area contributed by atoms with Crippen LogP contribution in [0, 0.1) is 83.1 Å². The number of hydrogen-bond donors (Lipinski definition) is 0. The number of hydrogen-bond acceptors (Lipinski definition) is 5. The van der Waals surface area contributed by atoms with Crippen molar-refractivity contribution in [3.05, 3.63) is 252 Å². The molecule has 0 amide bonds. The Bertz CT molecular complexity index is 4810. The van der Waals surface area contributed by atoms with Crippen LogP contribution < -0.4 is 22.8 Å². The van der Waals surface area contributed by atoms with Gasteiger partial charge in [0.15, 0.2) is 22.8 Å². The molecule has 7 fully saturated rings. The van der Waals surface area contributed by atoms with Crippen LogP contribution in [0.3, 0.4) is 0 Å². The molecule has 7 saturated carbocycles. The van der Waals surface area contributed by atoms with Crippen molar-refractivity contribution in [1.82, 2.24) is 0 Å². The van der Waals surface area contributed by atoms with Gasteiger partial charge in [-0.05, 0) is 156 Å². The van der Waals surface area contributed by atoms with E-state index in [0.717, 1.165) is 35.5 Å². The van der Waals surface area contributed by atoms with Crippen LogP contribution >= 0.6 is 56.7 Å². The van der Waals surface area contributed by atoms with Crippen LogP contribution in [0.15, 0.2) is 152 Å². The van der Waals surface area contributed by atoms with Gasteiger partial charge in [-0.1, -0.05) is 306 Å². The molecule has 0 aliphatic heterocycles. The summed E-state index contributed by atoms with van der Waals surface area (Å²) in [7, 11) is 0. The summed E-state index contributed by atoms with van der Waals surface area (Å²) >= 11 is 10.4. The van der Waals surface area contributed by atoms with Gasteiger partial charge in [0.1, 0.15) is 4.88 Å². The molecule has 5 heterocycles. The summed E-state index contributed by atoms with van der Waals surface area (Å²) in [6, 6.07) is 55.2. The van der Waals surface area contributed by atoms with Gasteiger partial charge in [-0.3, -0.25) is 0 Å². The van der Waals surface area contributed by atoms with Crippen molar-refractivity contribution in [2.45, 2.75) is 343 Å². The highest BCUT2D eigenvalue weighted by Crippen LogP contribution is 2.47. The standard InChI is InChI=1S/C23H32NS.C23H26NS.C22H30NS.2C18H24NS/c2*1-17-11-9-10-16-21(17)24-18(2)22(19-12-5-3-6-13-19)25-23(24)20-14-7-4-8-15-20;1-16-10-6-9-15-20(16)23-17(2)21(18-11-7-8-12-18)24-22(23)19-13-4-3-5-14-19;2*1-13-9-7-8-12-17(13)19-14(2)15(3)20-18(19)16-10-5-4-6-11-16/h9-11,16,19-20H,3-8,12-15H2,1-2H3;3,5-6,9-13,16,20H,4,7-8,14-15H2,1-2H3;6,9-10,15,18-19H,3-5,7-8,11-14H2,1-2H3;2*7-9,12,16H,4-6,10-11H2,1-3H3/q5*+1. The third-order valence-electron chi connectivity index (χ3n) is 27.3. The smallest absolute Gasteiger partial charge is 0.151 e. The van der Waals surface area contributed by atoms with Crippen LogP contribution in [0.2, 0.25) is 0 Å². The Balaban J connectivity index is 0.000000118. The number of benzene rings is 6. The molecule has 0 saturated heterocycles. The van der Waals surface area contributed by atoms with Crippen molar-refractivity contribution < 1.29 is 22.8 Å². The Morgan fingerprint density at radius 3 is 0.684 bits per heavy atom. The van der Waals surface area contributed by atoms with Gasteiger partial charge >= 0.3 is 0 Å². The Labute approximate surface area is 708 Å². The number of nitrogens with zero attached hydrogens (tertiary/aromatic N) is 5. The van der Waals surface area contributed by atoms with E-state index in [1.54, 1.807) is 34.8 Å². The van der Waals surface area contributed by atoms with Crippen LogP contribution in [0.1, 0.15) is 361 Å². The van der Waals surface area contributed by atoms with Gasteiger partial charge in [0.2, 0.25) is 59.2 Å². The first-order chi connectivity index (χ1) is 55.6. The summed E-state index contributed by atoms with van der Waals surface area (Å²) in [5.41, 5.74) is 22.4. The number of aromatic nitrogens is 5. The van der Waals surface area contributed by atoms with Gasteiger partial charge in [-0.2, -0.15) is 22.8 Å². The van der Waals surface area contributed by atoms with Crippen molar-refractivity contribution in [2.24, 2.45) is 0 Å². The first kappa shape index (κ1) is 83.9. The lowest BCUT2D eigenvalue weighted by molar-refractivity contribution is -0.608. The maximum Gasteiger partial charge on any atom is 0.247 e. The number of rotatable bonds is 13. The molecular formula is C104H136N5S5+5. The summed E-state index contributed by atoms with van der Waals surface area (Å²) in [5.74, 6) is 5.41. The molecule has 0 N–H and O–H groups in total. The molecule has 0 unspecified atom stereocenters. The van der Waals surface area contributed by atoms with Crippen molar-refractivity contribution in [2.75, 3.05) is 0 Å². The SMILES string of the molecule is Cc1ccccc1-[n+]1c(C2CCCCC2)sc(-c2ccccc2)c1C.Cc1ccccc1-[n+]1c(C2CCCCC2)sc(C)c1C.Cc1ccccc1-[n+]1c(C2CCCCC2)sc(C)c1C.Cc1ccccc1-[n+]1c(C2CCCCC2)sc(C2CCCC2)c1C.Cc1ccccc1-[n+]1c(C2CCCCC2)sc(C2CCCCC2)c1C. The van der Waals surface area contributed by atoms with Gasteiger partial charge in [-0.15, -0.1) is 0 Å². The number of para-hydroxylation sites is 5. The second-order valence-corrected chi connectivity index (χ2v) is 40.9. The predicted octanol–water partition coefficient (Wildman–Crippen LogP) is 29.4. The van der Waals surface area contributed by atoms with Crippen molar-refractivity contribution in [3.63, 3.8) is 0 Å². The maximum atomic E-state index is 2.65. The largest absolute Gasteiger partial charge is 0.247 e. The quantitative estimate of drug-likeness (QED) is 0.103. The summed E-state index contributed by atoms with van der Waals surface area (Å²) < 4.78 is 12.9. The molecule has 11 aromatic rings. The molecule has 0 spiro atoms. The van der Waals surface area contributed by atoms with Gasteiger partial charge < -0.3 is 0 Å². The highest BCUT2D eigenvalue weighted by Gasteiger charge is 2.40. The van der Waals surface area contributed by atoms with Crippen LogP contribution in [0.5, 0.6) is 0 Å². The third kappa shape index (κ3) is 19.4. The van der Waals surface area contributed by atoms with Crippen molar-refractivity contribution in [3.8, 4) is 38.9 Å². The van der Waals surface area contributed by atoms with E-state index >= 15 is 0 Å². The van der Waals surface area contributed by atoms with Crippen LogP contribution in [0.4, 0.5) is 0 Å². The topological polar surface area (TPSA) is 19.4 Å². The van der Waals surface area contributed by atoms with Crippen molar-refractivity contribution >= 4 is 56.7 Å². The molecule has 0 bridgehead atoms. The lowest BCUT2D eigenvalue weighted by atomic mass is 9.87. The highest BCUT2D eigenvalue weighted by atomic mass is 32.1. The van der Waals surface area contributed by atoms with Crippen LogP contribution in [0.25, 0.3) is 38.9 Å². The second kappa shape index (κ2) is 40.3. The molecular weight excluding hydrogens is 1480 g/mol. The van der Waals surface area contributed by atoms with Gasteiger partial charge in [0.05, 0.1) is 49.1 Å². The summed E-state index contributed by atoms with van der Waals surface area (Å²) in [6.07, 6.45) is 47.5. The second-order valence-electron chi connectivity index (χ2n) is 35.3. The zero-order chi connectivity index (χ0) is 79.2. The van der Waals surface area contributed by atoms with E-state index in [-0.39, 0.29) is 0 Å². The molecule has 5 nitrogen and oxygen atoms in total. The molecule has 0 atom stereocenters. The average Bonchev–Trinajstić information content (AvgIpc) is 1.65. The molecule has 0 radical (unpaired) electrons.